The number of rotatable bonds is 4. The Balaban J connectivity index is 2.20. The number of benzene rings is 1. The van der Waals surface area contributed by atoms with Crippen LogP contribution >= 0.6 is 15.9 Å². The number of carbonyl (C=O) groups excluding carboxylic acids is 1. The van der Waals surface area contributed by atoms with E-state index < -0.39 is 0 Å². The minimum atomic E-state index is -0.314. The van der Waals surface area contributed by atoms with Gasteiger partial charge in [0.1, 0.15) is 0 Å². The summed E-state index contributed by atoms with van der Waals surface area (Å²) < 4.78 is 0.828. The molecule has 20 heavy (non-hydrogen) atoms. The van der Waals surface area contributed by atoms with Crippen molar-refractivity contribution in [1.29, 1.82) is 0 Å². The Kier molecular flexibility index (Phi) is 4.44. The molecule has 4 N–H and O–H groups in total. The second-order valence-electron chi connectivity index (χ2n) is 4.65. The molecule has 0 unspecified atom stereocenters. The maximum atomic E-state index is 12.2. The van der Waals surface area contributed by atoms with Gasteiger partial charge < -0.3 is 11.1 Å². The molecule has 0 radical (unpaired) electrons. The highest BCUT2D eigenvalue weighted by Crippen LogP contribution is 2.25. The molecule has 0 spiro atoms. The van der Waals surface area contributed by atoms with Gasteiger partial charge in [-0.25, -0.2) is 0 Å². The predicted octanol–water partition coefficient (Wildman–Crippen LogP) is 3.27. The highest BCUT2D eigenvalue weighted by atomic mass is 79.9. The summed E-state index contributed by atoms with van der Waals surface area (Å²) in [7, 11) is 0. The molecule has 1 amide bonds. The molecular weight excluding hydrogens is 320 g/mol. The van der Waals surface area contributed by atoms with Crippen molar-refractivity contribution in [3.63, 3.8) is 0 Å². The van der Waals surface area contributed by atoms with Crippen molar-refractivity contribution in [1.82, 2.24) is 10.2 Å². The van der Waals surface area contributed by atoms with Gasteiger partial charge in [0, 0.05) is 4.47 Å². The molecule has 0 aliphatic heterocycles. The fourth-order valence-corrected chi connectivity index (χ4v) is 2.50. The molecule has 1 aromatic heterocycles. The van der Waals surface area contributed by atoms with E-state index >= 15 is 0 Å². The van der Waals surface area contributed by atoms with Crippen LogP contribution in [0.25, 0.3) is 0 Å². The number of nitrogens with one attached hydrogen (secondary N) is 2. The second kappa shape index (κ2) is 6.09. The molecule has 106 valence electrons. The first kappa shape index (κ1) is 14.6. The van der Waals surface area contributed by atoms with Gasteiger partial charge in [0.25, 0.3) is 5.91 Å². The zero-order chi connectivity index (χ0) is 14.7. The highest BCUT2D eigenvalue weighted by molar-refractivity contribution is 9.10. The summed E-state index contributed by atoms with van der Waals surface area (Å²) in [5.41, 5.74) is 9.21. The van der Waals surface area contributed by atoms with Crippen LogP contribution in [0, 0.1) is 6.92 Å². The standard InChI is InChI=1S/C14H17BrN4O/c1-3-4-11-12(16)13(19-18-11)14(20)17-10-6-5-8(2)7-9(10)15/h5-7H,3-4,16H2,1-2H3,(H,17,20)(H,18,19). The van der Waals surface area contributed by atoms with Crippen molar-refractivity contribution in [2.24, 2.45) is 0 Å². The molecule has 5 nitrogen and oxygen atoms in total. The molecule has 0 bridgehead atoms. The number of nitrogens with zero attached hydrogens (tertiary/aromatic N) is 1. The van der Waals surface area contributed by atoms with Crippen molar-refractivity contribution in [2.45, 2.75) is 26.7 Å². The smallest absolute Gasteiger partial charge is 0.278 e. The number of nitrogen functional groups attached to an aromatic ring is 1. The lowest BCUT2D eigenvalue weighted by Gasteiger charge is -2.07. The summed E-state index contributed by atoms with van der Waals surface area (Å²) in [5, 5.41) is 9.62. The number of amides is 1. The third-order valence-electron chi connectivity index (χ3n) is 2.97. The first-order chi connectivity index (χ1) is 9.52. The highest BCUT2D eigenvalue weighted by Gasteiger charge is 2.17. The number of hydrogen-bond acceptors (Lipinski definition) is 3. The Morgan fingerprint density at radius 3 is 2.90 bits per heavy atom. The zero-order valence-electron chi connectivity index (χ0n) is 11.5. The van der Waals surface area contributed by atoms with E-state index in [1.807, 2.05) is 32.0 Å². The number of aryl methyl sites for hydroxylation is 2. The van der Waals surface area contributed by atoms with Gasteiger partial charge in [-0.15, -0.1) is 0 Å². The van der Waals surface area contributed by atoms with Crippen LogP contribution in [0.2, 0.25) is 0 Å². The predicted molar refractivity (Wildman–Crippen MR) is 83.8 cm³/mol. The summed E-state index contributed by atoms with van der Waals surface area (Å²) in [6.45, 7) is 4.03. The first-order valence-corrected chi connectivity index (χ1v) is 7.22. The monoisotopic (exact) mass is 336 g/mol. The van der Waals surface area contributed by atoms with Gasteiger partial charge in [0.05, 0.1) is 17.1 Å². The maximum Gasteiger partial charge on any atom is 0.278 e. The fraction of sp³-hybridized carbons (Fsp3) is 0.286. The summed E-state index contributed by atoms with van der Waals surface area (Å²) in [6, 6.07) is 5.70. The molecule has 0 aliphatic carbocycles. The molecule has 0 saturated carbocycles. The van der Waals surface area contributed by atoms with E-state index in [1.54, 1.807) is 0 Å². The number of aromatic amines is 1. The molecule has 0 fully saturated rings. The van der Waals surface area contributed by atoms with Crippen LogP contribution in [-0.4, -0.2) is 16.1 Å². The lowest BCUT2D eigenvalue weighted by Crippen LogP contribution is -2.14. The molecule has 6 heteroatoms. The van der Waals surface area contributed by atoms with Gasteiger partial charge in [-0.05, 0) is 47.0 Å². The number of hydrogen-bond donors (Lipinski definition) is 3. The van der Waals surface area contributed by atoms with E-state index in [1.165, 1.54) is 0 Å². The number of H-pyrrole nitrogens is 1. The molecule has 1 heterocycles. The van der Waals surface area contributed by atoms with Crippen molar-refractivity contribution < 1.29 is 4.79 Å². The number of nitrogens with two attached hydrogens (primary N) is 1. The summed E-state index contributed by atoms with van der Waals surface area (Å²) in [4.78, 5) is 12.2. The number of halogens is 1. The lowest BCUT2D eigenvalue weighted by atomic mass is 10.2. The lowest BCUT2D eigenvalue weighted by molar-refractivity contribution is 0.102. The van der Waals surface area contributed by atoms with E-state index in [-0.39, 0.29) is 11.6 Å². The quantitative estimate of drug-likeness (QED) is 0.801. The van der Waals surface area contributed by atoms with E-state index in [9.17, 15) is 4.79 Å². The molecular formula is C14H17BrN4O. The van der Waals surface area contributed by atoms with Crippen LogP contribution in [-0.2, 0) is 6.42 Å². The fourth-order valence-electron chi connectivity index (χ4n) is 1.90. The Morgan fingerprint density at radius 1 is 1.50 bits per heavy atom. The Morgan fingerprint density at radius 2 is 2.25 bits per heavy atom. The van der Waals surface area contributed by atoms with Gasteiger partial charge in [-0.3, -0.25) is 9.89 Å². The summed E-state index contributed by atoms with van der Waals surface area (Å²) in [5.74, 6) is -0.314. The van der Waals surface area contributed by atoms with Crippen molar-refractivity contribution in [2.75, 3.05) is 11.1 Å². The molecule has 2 aromatic rings. The van der Waals surface area contributed by atoms with Gasteiger partial charge in [0.15, 0.2) is 5.69 Å². The van der Waals surface area contributed by atoms with Gasteiger partial charge in [-0.1, -0.05) is 19.4 Å². The number of aromatic nitrogens is 2. The molecule has 1 aromatic carbocycles. The van der Waals surface area contributed by atoms with Crippen LogP contribution in [0.3, 0.4) is 0 Å². The number of anilines is 2. The molecule has 0 aliphatic rings. The minimum absolute atomic E-state index is 0.237. The largest absolute Gasteiger partial charge is 0.395 e. The van der Waals surface area contributed by atoms with Crippen LogP contribution in [0.4, 0.5) is 11.4 Å². The minimum Gasteiger partial charge on any atom is -0.395 e. The van der Waals surface area contributed by atoms with Gasteiger partial charge in [-0.2, -0.15) is 5.10 Å². The molecule has 0 saturated heterocycles. The van der Waals surface area contributed by atoms with E-state index in [2.05, 4.69) is 31.4 Å². The normalized spacial score (nSPS) is 10.6. The van der Waals surface area contributed by atoms with E-state index in [4.69, 9.17) is 5.73 Å². The SMILES string of the molecule is CCCc1[nH]nc(C(=O)Nc2ccc(C)cc2Br)c1N. The van der Waals surface area contributed by atoms with Crippen LogP contribution in [0.15, 0.2) is 22.7 Å². The topological polar surface area (TPSA) is 83.8 Å². The van der Waals surface area contributed by atoms with Crippen molar-refractivity contribution >= 4 is 33.2 Å². The van der Waals surface area contributed by atoms with Crippen LogP contribution < -0.4 is 11.1 Å². The second-order valence-corrected chi connectivity index (χ2v) is 5.51. The van der Waals surface area contributed by atoms with Gasteiger partial charge >= 0.3 is 0 Å². The van der Waals surface area contributed by atoms with E-state index in [0.29, 0.717) is 11.4 Å². The number of carbonyl (C=O) groups is 1. The first-order valence-electron chi connectivity index (χ1n) is 6.43. The van der Waals surface area contributed by atoms with Crippen LogP contribution in [0.5, 0.6) is 0 Å². The Bertz CT molecular complexity index is 636. The van der Waals surface area contributed by atoms with Gasteiger partial charge in [0.2, 0.25) is 0 Å². The van der Waals surface area contributed by atoms with E-state index in [0.717, 1.165) is 28.6 Å². The summed E-state index contributed by atoms with van der Waals surface area (Å²) in [6.07, 6.45) is 1.72. The molecule has 2 rings (SSSR count). The third kappa shape index (κ3) is 3.01. The van der Waals surface area contributed by atoms with Crippen molar-refractivity contribution in [3.05, 3.63) is 39.6 Å². The average Bonchev–Trinajstić information content (AvgIpc) is 2.75. The zero-order valence-corrected chi connectivity index (χ0v) is 13.0. The molecule has 0 atom stereocenters. The van der Waals surface area contributed by atoms with Crippen LogP contribution in [0.1, 0.15) is 35.1 Å². The Labute approximate surface area is 126 Å². The van der Waals surface area contributed by atoms with Crippen molar-refractivity contribution in [3.8, 4) is 0 Å². The summed E-state index contributed by atoms with van der Waals surface area (Å²) >= 11 is 3.42. The maximum absolute atomic E-state index is 12.2. The Hall–Kier alpha value is -1.82. The average molecular weight is 337 g/mol. The third-order valence-corrected chi connectivity index (χ3v) is 3.63.